The first-order chi connectivity index (χ1) is 8.61. The summed E-state index contributed by atoms with van der Waals surface area (Å²) < 4.78 is 5.69. The predicted molar refractivity (Wildman–Crippen MR) is 71.7 cm³/mol. The number of pyridine rings is 1. The van der Waals surface area contributed by atoms with E-state index in [1.807, 2.05) is 12.1 Å². The van der Waals surface area contributed by atoms with Gasteiger partial charge in [0.1, 0.15) is 5.82 Å². The fraction of sp³-hybridized carbons (Fsp3) is 0.643. The summed E-state index contributed by atoms with van der Waals surface area (Å²) in [6, 6.07) is 4.21. The number of hydrogen-bond acceptors (Lipinski definition) is 4. The van der Waals surface area contributed by atoms with Crippen LogP contribution in [0.5, 0.6) is 0 Å². The van der Waals surface area contributed by atoms with Crippen LogP contribution in [0.15, 0.2) is 18.3 Å². The van der Waals surface area contributed by atoms with Gasteiger partial charge >= 0.3 is 0 Å². The molecule has 2 rings (SSSR count). The van der Waals surface area contributed by atoms with E-state index in [4.69, 9.17) is 4.74 Å². The Hall–Kier alpha value is -1.13. The van der Waals surface area contributed by atoms with Crippen LogP contribution in [0, 0.1) is 0 Å². The monoisotopic (exact) mass is 250 g/mol. The molecule has 100 valence electrons. The topological polar surface area (TPSA) is 45.6 Å². The molecule has 4 nitrogen and oxygen atoms in total. The van der Waals surface area contributed by atoms with Gasteiger partial charge in [0.15, 0.2) is 0 Å². The van der Waals surface area contributed by atoms with Crippen LogP contribution >= 0.6 is 0 Å². The van der Waals surface area contributed by atoms with Crippen molar-refractivity contribution in [2.75, 3.05) is 18.1 Å². The Labute approximate surface area is 109 Å². The van der Waals surface area contributed by atoms with Gasteiger partial charge in [0.25, 0.3) is 0 Å². The molecular weight excluding hydrogens is 228 g/mol. The summed E-state index contributed by atoms with van der Waals surface area (Å²) in [6.45, 7) is 7.62. The number of anilines is 1. The molecule has 3 atom stereocenters. The summed E-state index contributed by atoms with van der Waals surface area (Å²) >= 11 is 0. The van der Waals surface area contributed by atoms with Gasteiger partial charge in [-0.25, -0.2) is 4.98 Å². The standard InChI is InChI=1S/C14H22N2O2/c1-4-13-9-18-10(2)8-16(13)14-7-12(11(3)17)5-6-15-14/h5-7,10-11,13,17H,4,8-9H2,1-3H3. The van der Waals surface area contributed by atoms with Crippen LogP contribution in [-0.4, -0.2) is 35.4 Å². The number of aromatic nitrogens is 1. The quantitative estimate of drug-likeness (QED) is 0.892. The maximum absolute atomic E-state index is 9.65. The van der Waals surface area contributed by atoms with Crippen molar-refractivity contribution >= 4 is 5.82 Å². The van der Waals surface area contributed by atoms with Crippen molar-refractivity contribution in [2.24, 2.45) is 0 Å². The van der Waals surface area contributed by atoms with Gasteiger partial charge < -0.3 is 14.7 Å². The van der Waals surface area contributed by atoms with Crippen molar-refractivity contribution in [3.63, 3.8) is 0 Å². The van der Waals surface area contributed by atoms with Gasteiger partial charge in [0.05, 0.1) is 24.9 Å². The normalized spacial score (nSPS) is 26.1. The fourth-order valence-electron chi connectivity index (χ4n) is 2.31. The third kappa shape index (κ3) is 2.82. The predicted octanol–water partition coefficient (Wildman–Crippen LogP) is 2.14. The minimum absolute atomic E-state index is 0.227. The molecule has 4 heteroatoms. The number of nitrogens with zero attached hydrogens (tertiary/aromatic N) is 2. The molecular formula is C14H22N2O2. The molecule has 1 aliphatic heterocycles. The molecule has 3 unspecified atom stereocenters. The molecule has 0 amide bonds. The Bertz CT molecular complexity index is 395. The van der Waals surface area contributed by atoms with Crippen LogP contribution in [0.2, 0.25) is 0 Å². The Kier molecular flexibility index (Phi) is 4.19. The van der Waals surface area contributed by atoms with Crippen LogP contribution in [0.3, 0.4) is 0 Å². The van der Waals surface area contributed by atoms with Crippen LogP contribution in [0.1, 0.15) is 38.9 Å². The zero-order chi connectivity index (χ0) is 13.1. The number of ether oxygens (including phenoxy) is 1. The van der Waals surface area contributed by atoms with E-state index in [9.17, 15) is 5.11 Å². The number of aliphatic hydroxyl groups excluding tert-OH is 1. The molecule has 2 heterocycles. The lowest BCUT2D eigenvalue weighted by atomic mass is 10.1. The third-order valence-corrected chi connectivity index (χ3v) is 3.49. The second-order valence-corrected chi connectivity index (χ2v) is 4.98. The zero-order valence-electron chi connectivity index (χ0n) is 11.3. The molecule has 1 aliphatic rings. The summed E-state index contributed by atoms with van der Waals surface area (Å²) in [5.41, 5.74) is 0.911. The van der Waals surface area contributed by atoms with Crippen molar-refractivity contribution < 1.29 is 9.84 Å². The number of morpholine rings is 1. The van der Waals surface area contributed by atoms with Crippen molar-refractivity contribution in [3.8, 4) is 0 Å². The Morgan fingerprint density at radius 2 is 2.39 bits per heavy atom. The summed E-state index contributed by atoms with van der Waals surface area (Å²) in [5, 5.41) is 9.65. The van der Waals surface area contributed by atoms with Gasteiger partial charge in [-0.05, 0) is 38.0 Å². The van der Waals surface area contributed by atoms with Gasteiger partial charge in [0, 0.05) is 12.7 Å². The molecule has 1 aromatic rings. The summed E-state index contributed by atoms with van der Waals surface area (Å²) in [6.07, 6.45) is 2.58. The Morgan fingerprint density at radius 1 is 1.61 bits per heavy atom. The number of hydrogen-bond donors (Lipinski definition) is 1. The van der Waals surface area contributed by atoms with Crippen LogP contribution in [0.4, 0.5) is 5.82 Å². The van der Waals surface area contributed by atoms with E-state index in [0.717, 1.165) is 31.0 Å². The number of aliphatic hydroxyl groups is 1. The van der Waals surface area contributed by atoms with Crippen LogP contribution < -0.4 is 4.90 Å². The molecule has 0 spiro atoms. The second kappa shape index (κ2) is 5.67. The summed E-state index contributed by atoms with van der Waals surface area (Å²) in [4.78, 5) is 6.73. The molecule has 1 aromatic heterocycles. The van der Waals surface area contributed by atoms with Gasteiger partial charge in [-0.2, -0.15) is 0 Å². The van der Waals surface area contributed by atoms with E-state index in [1.54, 1.807) is 13.1 Å². The van der Waals surface area contributed by atoms with E-state index in [0.29, 0.717) is 6.04 Å². The SMILES string of the molecule is CCC1COC(C)CN1c1cc(C(C)O)ccn1. The van der Waals surface area contributed by atoms with E-state index >= 15 is 0 Å². The van der Waals surface area contributed by atoms with E-state index in [-0.39, 0.29) is 6.10 Å². The Balaban J connectivity index is 2.24. The minimum Gasteiger partial charge on any atom is -0.389 e. The van der Waals surface area contributed by atoms with Crippen molar-refractivity contribution in [1.82, 2.24) is 4.98 Å². The van der Waals surface area contributed by atoms with Gasteiger partial charge in [-0.15, -0.1) is 0 Å². The highest BCUT2D eigenvalue weighted by atomic mass is 16.5. The van der Waals surface area contributed by atoms with Crippen LogP contribution in [-0.2, 0) is 4.74 Å². The van der Waals surface area contributed by atoms with E-state index < -0.39 is 6.10 Å². The lowest BCUT2D eigenvalue weighted by molar-refractivity contribution is 0.0296. The first-order valence-corrected chi connectivity index (χ1v) is 6.64. The molecule has 0 bridgehead atoms. The van der Waals surface area contributed by atoms with Gasteiger partial charge in [-0.3, -0.25) is 0 Å². The molecule has 0 radical (unpaired) electrons. The molecule has 1 saturated heterocycles. The molecule has 0 aliphatic carbocycles. The largest absolute Gasteiger partial charge is 0.389 e. The van der Waals surface area contributed by atoms with Crippen molar-refractivity contribution in [3.05, 3.63) is 23.9 Å². The van der Waals surface area contributed by atoms with Crippen molar-refractivity contribution in [2.45, 2.75) is 45.4 Å². The lowest BCUT2D eigenvalue weighted by Gasteiger charge is -2.39. The lowest BCUT2D eigenvalue weighted by Crippen LogP contribution is -2.49. The van der Waals surface area contributed by atoms with Gasteiger partial charge in [-0.1, -0.05) is 6.92 Å². The molecule has 1 fully saturated rings. The smallest absolute Gasteiger partial charge is 0.129 e. The van der Waals surface area contributed by atoms with Crippen LogP contribution in [0.25, 0.3) is 0 Å². The highest BCUT2D eigenvalue weighted by molar-refractivity contribution is 5.43. The first kappa shape index (κ1) is 13.3. The van der Waals surface area contributed by atoms with E-state index in [1.165, 1.54) is 0 Å². The molecule has 18 heavy (non-hydrogen) atoms. The maximum Gasteiger partial charge on any atom is 0.129 e. The zero-order valence-corrected chi connectivity index (χ0v) is 11.3. The highest BCUT2D eigenvalue weighted by Crippen LogP contribution is 2.24. The average Bonchev–Trinajstić information content (AvgIpc) is 2.39. The summed E-state index contributed by atoms with van der Waals surface area (Å²) in [7, 11) is 0. The average molecular weight is 250 g/mol. The Morgan fingerprint density at radius 3 is 3.06 bits per heavy atom. The molecule has 0 saturated carbocycles. The minimum atomic E-state index is -0.453. The fourth-order valence-corrected chi connectivity index (χ4v) is 2.31. The summed E-state index contributed by atoms with van der Waals surface area (Å²) in [5.74, 6) is 0.940. The maximum atomic E-state index is 9.65. The first-order valence-electron chi connectivity index (χ1n) is 6.64. The van der Waals surface area contributed by atoms with Gasteiger partial charge in [0.2, 0.25) is 0 Å². The van der Waals surface area contributed by atoms with Crippen molar-refractivity contribution in [1.29, 1.82) is 0 Å². The third-order valence-electron chi connectivity index (χ3n) is 3.49. The van der Waals surface area contributed by atoms with E-state index in [2.05, 4.69) is 23.7 Å². The highest BCUT2D eigenvalue weighted by Gasteiger charge is 2.26. The second-order valence-electron chi connectivity index (χ2n) is 4.98. The molecule has 0 aromatic carbocycles. The number of rotatable bonds is 3. The molecule has 1 N–H and O–H groups in total.